The Balaban J connectivity index is 1.61. The van der Waals surface area contributed by atoms with Gasteiger partial charge in [-0.05, 0) is 49.3 Å². The molecule has 3 aliphatic rings. The minimum absolute atomic E-state index is 0.0814. The lowest BCUT2D eigenvalue weighted by atomic mass is 10.1. The second-order valence-electron chi connectivity index (χ2n) is 6.38. The smallest absolute Gasteiger partial charge is 0.269 e. The van der Waals surface area contributed by atoms with Gasteiger partial charge < -0.3 is 4.90 Å². The molecule has 6 nitrogen and oxygen atoms in total. The van der Waals surface area contributed by atoms with Crippen LogP contribution in [-0.4, -0.2) is 27.8 Å². The SMILES string of the molecule is O=C1N(CC2CC2)C(c2ccc([N+](=O)[O-])cc2)NC12CC2. The van der Waals surface area contributed by atoms with E-state index in [1.165, 1.54) is 25.0 Å². The lowest BCUT2D eigenvalue weighted by Crippen LogP contribution is -2.33. The lowest BCUT2D eigenvalue weighted by Gasteiger charge is -2.24. The van der Waals surface area contributed by atoms with E-state index in [9.17, 15) is 14.9 Å². The van der Waals surface area contributed by atoms with Crippen molar-refractivity contribution in [2.24, 2.45) is 5.92 Å². The van der Waals surface area contributed by atoms with Gasteiger partial charge in [0.2, 0.25) is 5.91 Å². The summed E-state index contributed by atoms with van der Waals surface area (Å²) in [5.74, 6) is 0.836. The average molecular weight is 287 g/mol. The summed E-state index contributed by atoms with van der Waals surface area (Å²) < 4.78 is 0. The Bertz CT molecular complexity index is 605. The molecule has 0 radical (unpaired) electrons. The zero-order valence-corrected chi connectivity index (χ0v) is 11.6. The van der Waals surface area contributed by atoms with E-state index in [4.69, 9.17) is 0 Å². The Kier molecular flexibility index (Phi) is 2.60. The summed E-state index contributed by atoms with van der Waals surface area (Å²) in [6, 6.07) is 6.53. The standard InChI is InChI=1S/C15H17N3O3/c19-14-15(7-8-15)16-13(17(14)9-10-1-2-10)11-3-5-12(6-4-11)18(20)21/h3-6,10,13,16H,1-2,7-9H2. The number of nitrogens with zero attached hydrogens (tertiary/aromatic N) is 2. The summed E-state index contributed by atoms with van der Waals surface area (Å²) >= 11 is 0. The van der Waals surface area contributed by atoms with Gasteiger partial charge in [0.1, 0.15) is 11.7 Å². The predicted octanol–water partition coefficient (Wildman–Crippen LogP) is 1.97. The van der Waals surface area contributed by atoms with Crippen LogP contribution in [0.1, 0.15) is 37.4 Å². The van der Waals surface area contributed by atoms with Crippen molar-refractivity contribution in [3.63, 3.8) is 0 Å². The molecule has 1 atom stereocenters. The van der Waals surface area contributed by atoms with Gasteiger partial charge in [0.25, 0.3) is 5.69 Å². The molecule has 4 rings (SSSR count). The quantitative estimate of drug-likeness (QED) is 0.678. The molecule has 110 valence electrons. The number of carbonyl (C=O) groups excluding carboxylic acids is 1. The van der Waals surface area contributed by atoms with Gasteiger partial charge in [-0.25, -0.2) is 0 Å². The molecule has 1 spiro atoms. The third-order valence-corrected chi connectivity index (χ3v) is 4.72. The number of benzene rings is 1. The predicted molar refractivity (Wildman–Crippen MR) is 75.4 cm³/mol. The largest absolute Gasteiger partial charge is 0.321 e. The van der Waals surface area contributed by atoms with Gasteiger partial charge in [-0.1, -0.05) is 0 Å². The van der Waals surface area contributed by atoms with Gasteiger partial charge in [-0.3, -0.25) is 20.2 Å². The summed E-state index contributed by atoms with van der Waals surface area (Å²) in [5.41, 5.74) is 0.665. The van der Waals surface area contributed by atoms with Crippen LogP contribution < -0.4 is 5.32 Å². The molecule has 3 fully saturated rings. The molecule has 1 heterocycles. The van der Waals surface area contributed by atoms with Crippen molar-refractivity contribution < 1.29 is 9.72 Å². The van der Waals surface area contributed by atoms with E-state index in [1.807, 2.05) is 4.90 Å². The van der Waals surface area contributed by atoms with E-state index in [2.05, 4.69) is 5.32 Å². The molecule has 1 aromatic carbocycles. The number of carbonyl (C=O) groups is 1. The molecule has 2 aliphatic carbocycles. The van der Waals surface area contributed by atoms with Crippen molar-refractivity contribution in [3.05, 3.63) is 39.9 Å². The monoisotopic (exact) mass is 287 g/mol. The first-order valence-corrected chi connectivity index (χ1v) is 7.42. The maximum atomic E-state index is 12.6. The first-order chi connectivity index (χ1) is 10.1. The van der Waals surface area contributed by atoms with E-state index < -0.39 is 4.92 Å². The highest BCUT2D eigenvalue weighted by molar-refractivity contribution is 5.92. The molecule has 1 unspecified atom stereocenters. The van der Waals surface area contributed by atoms with E-state index in [1.54, 1.807) is 12.1 Å². The maximum Gasteiger partial charge on any atom is 0.269 e. The molecule has 0 bridgehead atoms. The van der Waals surface area contributed by atoms with Crippen molar-refractivity contribution in [3.8, 4) is 0 Å². The van der Waals surface area contributed by atoms with Crippen LogP contribution in [0.5, 0.6) is 0 Å². The van der Waals surface area contributed by atoms with Gasteiger partial charge in [0.15, 0.2) is 0 Å². The highest BCUT2D eigenvalue weighted by atomic mass is 16.6. The number of non-ortho nitro benzene ring substituents is 1. The number of nitro groups is 1. The molecular weight excluding hydrogens is 270 g/mol. The third-order valence-electron chi connectivity index (χ3n) is 4.72. The zero-order chi connectivity index (χ0) is 14.6. The number of hydrogen-bond acceptors (Lipinski definition) is 4. The zero-order valence-electron chi connectivity index (χ0n) is 11.6. The number of hydrogen-bond donors (Lipinski definition) is 1. The highest BCUT2D eigenvalue weighted by Crippen LogP contribution is 2.47. The van der Waals surface area contributed by atoms with Gasteiger partial charge in [-0.2, -0.15) is 0 Å². The number of amides is 1. The minimum Gasteiger partial charge on any atom is -0.321 e. The van der Waals surface area contributed by atoms with Crippen molar-refractivity contribution in [1.82, 2.24) is 10.2 Å². The van der Waals surface area contributed by atoms with E-state index in [0.29, 0.717) is 5.92 Å². The average Bonchev–Trinajstić information content (AvgIpc) is 3.37. The molecule has 1 aromatic rings. The van der Waals surface area contributed by atoms with Gasteiger partial charge in [0, 0.05) is 18.7 Å². The van der Waals surface area contributed by atoms with Crippen molar-refractivity contribution >= 4 is 11.6 Å². The van der Waals surface area contributed by atoms with Crippen LogP contribution in [0.4, 0.5) is 5.69 Å². The van der Waals surface area contributed by atoms with Crippen LogP contribution in [0.3, 0.4) is 0 Å². The van der Waals surface area contributed by atoms with E-state index in [-0.39, 0.29) is 23.3 Å². The number of nitro benzene ring substituents is 1. The normalized spacial score (nSPS) is 26.4. The fraction of sp³-hybridized carbons (Fsp3) is 0.533. The van der Waals surface area contributed by atoms with Crippen LogP contribution in [0.25, 0.3) is 0 Å². The fourth-order valence-electron chi connectivity index (χ4n) is 3.09. The summed E-state index contributed by atoms with van der Waals surface area (Å²) in [7, 11) is 0. The van der Waals surface area contributed by atoms with Crippen LogP contribution in [-0.2, 0) is 4.79 Å². The van der Waals surface area contributed by atoms with E-state index in [0.717, 1.165) is 24.9 Å². The summed E-state index contributed by atoms with van der Waals surface area (Å²) in [6.07, 6.45) is 4.06. The Morgan fingerprint density at radius 1 is 1.29 bits per heavy atom. The fourth-order valence-corrected chi connectivity index (χ4v) is 3.09. The molecule has 2 saturated carbocycles. The van der Waals surface area contributed by atoms with E-state index >= 15 is 0 Å². The number of rotatable bonds is 4. The number of nitrogens with one attached hydrogen (secondary N) is 1. The Hall–Kier alpha value is -1.95. The third kappa shape index (κ3) is 2.10. The second kappa shape index (κ2) is 4.27. The summed E-state index contributed by atoms with van der Waals surface area (Å²) in [5, 5.41) is 14.2. The molecule has 1 aliphatic heterocycles. The molecule has 21 heavy (non-hydrogen) atoms. The molecule has 1 N–H and O–H groups in total. The second-order valence-corrected chi connectivity index (χ2v) is 6.38. The summed E-state index contributed by atoms with van der Waals surface area (Å²) in [6.45, 7) is 0.801. The first-order valence-electron chi connectivity index (χ1n) is 7.42. The highest BCUT2D eigenvalue weighted by Gasteiger charge is 2.59. The topological polar surface area (TPSA) is 75.5 Å². The molecule has 1 amide bonds. The van der Waals surface area contributed by atoms with Gasteiger partial charge in [-0.15, -0.1) is 0 Å². The van der Waals surface area contributed by atoms with Crippen LogP contribution >= 0.6 is 0 Å². The summed E-state index contributed by atoms with van der Waals surface area (Å²) in [4.78, 5) is 24.8. The van der Waals surface area contributed by atoms with Gasteiger partial charge >= 0.3 is 0 Å². The van der Waals surface area contributed by atoms with Gasteiger partial charge in [0.05, 0.1) is 4.92 Å². The molecule has 0 aromatic heterocycles. The molecule has 6 heteroatoms. The van der Waals surface area contributed by atoms with Crippen molar-refractivity contribution in [2.75, 3.05) is 6.54 Å². The van der Waals surface area contributed by atoms with Crippen LogP contribution in [0.2, 0.25) is 0 Å². The first kappa shape index (κ1) is 12.8. The Morgan fingerprint density at radius 2 is 1.95 bits per heavy atom. The Labute approximate surface area is 122 Å². The van der Waals surface area contributed by atoms with Crippen LogP contribution in [0.15, 0.2) is 24.3 Å². The van der Waals surface area contributed by atoms with Crippen molar-refractivity contribution in [1.29, 1.82) is 0 Å². The lowest BCUT2D eigenvalue weighted by molar-refractivity contribution is -0.384. The maximum absolute atomic E-state index is 12.6. The Morgan fingerprint density at radius 3 is 2.48 bits per heavy atom. The van der Waals surface area contributed by atoms with Crippen LogP contribution in [0, 0.1) is 16.0 Å². The molecular formula is C15H17N3O3. The molecule has 1 saturated heterocycles. The van der Waals surface area contributed by atoms with Crippen molar-refractivity contribution in [2.45, 2.75) is 37.4 Å². The minimum atomic E-state index is -0.401.